The number of ether oxygens (including phenoxy) is 1. The zero-order chi connectivity index (χ0) is 22.3. The first-order valence-corrected chi connectivity index (χ1v) is 10.3. The number of carbonyl (C=O) groups excluding carboxylic acids is 1. The first-order chi connectivity index (χ1) is 15.0. The number of rotatable bonds is 10. The van der Waals surface area contributed by atoms with Crippen molar-refractivity contribution in [3.05, 3.63) is 70.1 Å². The lowest BCUT2D eigenvalue weighted by Gasteiger charge is -2.26. The summed E-state index contributed by atoms with van der Waals surface area (Å²) in [7, 11) is 0. The van der Waals surface area contributed by atoms with Crippen LogP contribution in [-0.4, -0.2) is 35.9 Å². The van der Waals surface area contributed by atoms with E-state index >= 15 is 0 Å². The third kappa shape index (κ3) is 5.16. The maximum absolute atomic E-state index is 12.5. The Morgan fingerprint density at radius 2 is 1.71 bits per heavy atom. The van der Waals surface area contributed by atoms with E-state index in [1.54, 1.807) is 0 Å². The average molecular weight is 422 g/mol. The lowest BCUT2D eigenvalue weighted by molar-refractivity contribution is -0.144. The molecule has 1 aliphatic carbocycles. The Bertz CT molecular complexity index is 957. The number of carboxylic acid groups (broad SMARTS) is 1. The zero-order valence-electron chi connectivity index (χ0n) is 17.5. The number of amides is 1. The van der Waals surface area contributed by atoms with Crippen LogP contribution in [0.4, 0.5) is 4.79 Å². The van der Waals surface area contributed by atoms with Gasteiger partial charge in [0, 0.05) is 17.4 Å². The third-order valence-electron chi connectivity index (χ3n) is 5.69. The van der Waals surface area contributed by atoms with E-state index in [2.05, 4.69) is 27.5 Å². The van der Waals surface area contributed by atoms with E-state index in [0.717, 1.165) is 22.3 Å². The second kappa shape index (κ2) is 10.00. The smallest absolute Gasteiger partial charge is 0.408 e. The normalized spacial score (nSPS) is 14.0. The van der Waals surface area contributed by atoms with Gasteiger partial charge in [-0.05, 0) is 47.6 Å². The van der Waals surface area contributed by atoms with Gasteiger partial charge in [-0.15, -0.1) is 0 Å². The second-order valence-electron chi connectivity index (χ2n) is 7.85. The van der Waals surface area contributed by atoms with Crippen LogP contribution in [0.5, 0.6) is 0 Å². The molecule has 162 valence electrons. The molecule has 8 heteroatoms. The third-order valence-corrected chi connectivity index (χ3v) is 5.69. The number of nitrogens with zero attached hydrogens (tertiary/aromatic N) is 3. The average Bonchev–Trinajstić information content (AvgIpc) is 3.08. The minimum atomic E-state index is -1.43. The highest BCUT2D eigenvalue weighted by Crippen LogP contribution is 2.44. The van der Waals surface area contributed by atoms with Gasteiger partial charge in [-0.1, -0.05) is 66.5 Å². The summed E-state index contributed by atoms with van der Waals surface area (Å²) in [4.78, 5) is 26.9. The van der Waals surface area contributed by atoms with Crippen molar-refractivity contribution in [2.24, 2.45) is 5.11 Å². The Morgan fingerprint density at radius 3 is 2.29 bits per heavy atom. The Balaban J connectivity index is 1.59. The molecule has 0 spiro atoms. The van der Waals surface area contributed by atoms with Gasteiger partial charge in [0.15, 0.2) is 0 Å². The molecule has 8 nitrogen and oxygen atoms in total. The predicted octanol–water partition coefficient (Wildman–Crippen LogP) is 5.24. The number of carboxylic acids is 1. The minimum Gasteiger partial charge on any atom is -0.480 e. The van der Waals surface area contributed by atoms with Gasteiger partial charge in [0.05, 0.1) is 0 Å². The molecule has 0 aliphatic heterocycles. The quantitative estimate of drug-likeness (QED) is 0.235. The van der Waals surface area contributed by atoms with Crippen LogP contribution in [0.25, 0.3) is 21.6 Å². The van der Waals surface area contributed by atoms with Gasteiger partial charge in [-0.3, -0.25) is 0 Å². The monoisotopic (exact) mass is 422 g/mol. The molecule has 2 aromatic rings. The van der Waals surface area contributed by atoms with Gasteiger partial charge in [0.25, 0.3) is 0 Å². The molecule has 1 unspecified atom stereocenters. The Kier molecular flexibility index (Phi) is 7.15. The number of fused-ring (bicyclic) bond motifs is 3. The molecular weight excluding hydrogens is 396 g/mol. The fourth-order valence-electron chi connectivity index (χ4n) is 3.97. The summed E-state index contributed by atoms with van der Waals surface area (Å²) in [5.74, 6) is -1.20. The van der Waals surface area contributed by atoms with Gasteiger partial charge in [0.1, 0.15) is 12.1 Å². The summed E-state index contributed by atoms with van der Waals surface area (Å²) in [6.07, 6.45) is 1.45. The van der Waals surface area contributed by atoms with Crippen LogP contribution in [0.2, 0.25) is 0 Å². The minimum absolute atomic E-state index is 0.0880. The number of nitrogens with one attached hydrogen (secondary N) is 1. The number of carbonyl (C=O) groups is 2. The van der Waals surface area contributed by atoms with Gasteiger partial charge in [-0.2, -0.15) is 0 Å². The van der Waals surface area contributed by atoms with Crippen LogP contribution < -0.4 is 5.32 Å². The van der Waals surface area contributed by atoms with Crippen LogP contribution in [0.3, 0.4) is 0 Å². The van der Waals surface area contributed by atoms with E-state index in [4.69, 9.17) is 10.3 Å². The molecule has 2 N–H and O–H groups in total. The molecule has 31 heavy (non-hydrogen) atoms. The lowest BCUT2D eigenvalue weighted by Crippen LogP contribution is -2.52. The molecule has 0 radical (unpaired) electrons. The SMILES string of the molecule is CC(CCCCCN=[N+]=[N-])(NC(=O)OCC1c2ccccc2-c2ccccc21)C(=O)O. The maximum atomic E-state index is 12.5. The number of azide groups is 1. The highest BCUT2D eigenvalue weighted by Gasteiger charge is 2.35. The van der Waals surface area contributed by atoms with Crippen LogP contribution in [0.1, 0.15) is 49.7 Å². The van der Waals surface area contributed by atoms with Crippen molar-refractivity contribution in [2.75, 3.05) is 13.2 Å². The van der Waals surface area contributed by atoms with E-state index in [1.165, 1.54) is 6.92 Å². The van der Waals surface area contributed by atoms with E-state index in [9.17, 15) is 14.7 Å². The lowest BCUT2D eigenvalue weighted by atomic mass is 9.94. The highest BCUT2D eigenvalue weighted by molar-refractivity contribution is 5.84. The maximum Gasteiger partial charge on any atom is 0.408 e. The molecule has 0 saturated heterocycles. The topological polar surface area (TPSA) is 124 Å². The summed E-state index contributed by atoms with van der Waals surface area (Å²) >= 11 is 0. The Labute approximate surface area is 180 Å². The van der Waals surface area contributed by atoms with Gasteiger partial charge >= 0.3 is 12.1 Å². The van der Waals surface area contributed by atoms with E-state index in [-0.39, 0.29) is 18.9 Å². The Hall–Kier alpha value is -3.51. The van der Waals surface area contributed by atoms with E-state index in [0.29, 0.717) is 25.8 Å². The van der Waals surface area contributed by atoms with Crippen molar-refractivity contribution in [2.45, 2.75) is 44.1 Å². The number of hydrogen-bond acceptors (Lipinski definition) is 4. The number of benzene rings is 2. The van der Waals surface area contributed by atoms with Gasteiger partial charge < -0.3 is 15.2 Å². The van der Waals surface area contributed by atoms with Crippen molar-refractivity contribution >= 4 is 12.1 Å². The molecule has 0 bridgehead atoms. The molecule has 0 saturated carbocycles. The van der Waals surface area contributed by atoms with Gasteiger partial charge in [0.2, 0.25) is 0 Å². The van der Waals surface area contributed by atoms with Gasteiger partial charge in [-0.25, -0.2) is 9.59 Å². The summed E-state index contributed by atoms with van der Waals surface area (Å²) in [5, 5.41) is 15.6. The molecule has 2 aromatic carbocycles. The molecule has 3 rings (SSSR count). The molecule has 0 fully saturated rings. The summed E-state index contributed by atoms with van der Waals surface area (Å²) in [6.45, 7) is 1.98. The number of unbranched alkanes of at least 4 members (excludes halogenated alkanes) is 2. The molecule has 0 aromatic heterocycles. The standard InChI is InChI=1S/C23H26N4O4/c1-23(21(28)29,13-7-2-8-14-25-27-24)26-22(30)31-15-20-18-11-5-3-9-16(18)17-10-4-6-12-19(17)20/h3-6,9-12,20H,2,7-8,13-15H2,1H3,(H,26,30)(H,28,29). The summed E-state index contributed by atoms with van der Waals surface area (Å²) < 4.78 is 5.48. The van der Waals surface area contributed by atoms with Crippen LogP contribution in [0, 0.1) is 0 Å². The molecule has 1 atom stereocenters. The Morgan fingerprint density at radius 1 is 1.10 bits per heavy atom. The number of hydrogen-bond donors (Lipinski definition) is 2. The van der Waals surface area contributed by atoms with Crippen molar-refractivity contribution in [1.29, 1.82) is 0 Å². The zero-order valence-corrected chi connectivity index (χ0v) is 17.5. The van der Waals surface area contributed by atoms with Crippen LogP contribution >= 0.6 is 0 Å². The van der Waals surface area contributed by atoms with Crippen molar-refractivity contribution in [3.63, 3.8) is 0 Å². The number of aliphatic carboxylic acids is 1. The first-order valence-electron chi connectivity index (χ1n) is 10.3. The predicted molar refractivity (Wildman–Crippen MR) is 117 cm³/mol. The highest BCUT2D eigenvalue weighted by atomic mass is 16.5. The fraction of sp³-hybridized carbons (Fsp3) is 0.391. The molecule has 0 heterocycles. The van der Waals surface area contributed by atoms with Crippen LogP contribution in [-0.2, 0) is 9.53 Å². The number of alkyl carbamates (subject to hydrolysis) is 1. The van der Waals surface area contributed by atoms with Crippen molar-refractivity contribution < 1.29 is 19.4 Å². The van der Waals surface area contributed by atoms with Crippen molar-refractivity contribution in [3.8, 4) is 11.1 Å². The van der Waals surface area contributed by atoms with E-state index in [1.807, 2.05) is 36.4 Å². The summed E-state index contributed by atoms with van der Waals surface area (Å²) in [5.41, 5.74) is 11.3. The molecule has 1 aliphatic rings. The molecule has 1 amide bonds. The summed E-state index contributed by atoms with van der Waals surface area (Å²) in [6, 6.07) is 16.0. The van der Waals surface area contributed by atoms with E-state index < -0.39 is 17.6 Å². The van der Waals surface area contributed by atoms with Crippen molar-refractivity contribution in [1.82, 2.24) is 5.32 Å². The largest absolute Gasteiger partial charge is 0.480 e. The first kappa shape index (κ1) is 22.2. The second-order valence-corrected chi connectivity index (χ2v) is 7.85. The fourth-order valence-corrected chi connectivity index (χ4v) is 3.97. The molecular formula is C23H26N4O4. The van der Waals surface area contributed by atoms with Crippen LogP contribution in [0.15, 0.2) is 53.6 Å².